The van der Waals surface area contributed by atoms with Crippen LogP contribution < -0.4 is 11.5 Å². The standard InChI is InChI=1S/C14H21I3N2O6/c15-8-3-13(16,1-6(22)4-20)10(12(19)25)14(17,2-7(23)5-21)9(8)11(18)24/h3,6-7,9-10,20-23H,1-2,4-5H2,(H2,18,24)(H2,19,25). The molecule has 0 saturated carbocycles. The number of allylic oxidation sites excluding steroid dienone is 1. The molecule has 0 radical (unpaired) electrons. The van der Waals surface area contributed by atoms with Gasteiger partial charge in [0, 0.05) is 3.58 Å². The summed E-state index contributed by atoms with van der Waals surface area (Å²) in [6, 6.07) is 0. The van der Waals surface area contributed by atoms with E-state index in [1.165, 1.54) is 0 Å². The van der Waals surface area contributed by atoms with Crippen molar-refractivity contribution in [1.82, 2.24) is 0 Å². The second-order valence-corrected chi connectivity index (χ2v) is 11.4. The Bertz CT molecular complexity index is 563. The number of primary amides is 2. The van der Waals surface area contributed by atoms with Gasteiger partial charge in [-0.25, -0.2) is 0 Å². The molecule has 8 N–H and O–H groups in total. The Kier molecular flexibility index (Phi) is 8.81. The Balaban J connectivity index is 3.58. The number of halogens is 3. The number of alkyl halides is 2. The average Bonchev–Trinajstić information content (AvgIpc) is 2.44. The number of hydrogen-bond donors (Lipinski definition) is 6. The molecule has 0 aliphatic heterocycles. The van der Waals surface area contributed by atoms with Crippen molar-refractivity contribution in [1.29, 1.82) is 0 Å². The van der Waals surface area contributed by atoms with Crippen molar-refractivity contribution in [2.45, 2.75) is 31.9 Å². The summed E-state index contributed by atoms with van der Waals surface area (Å²) in [5.41, 5.74) is 11.2. The number of aliphatic hydroxyl groups excluding tert-OH is 4. The minimum Gasteiger partial charge on any atom is -0.394 e. The first-order valence-corrected chi connectivity index (χ1v) is 10.6. The normalized spacial score (nSPS) is 34.9. The zero-order chi connectivity index (χ0) is 19.6. The molecule has 8 nitrogen and oxygen atoms in total. The van der Waals surface area contributed by atoms with Crippen LogP contribution in [0.25, 0.3) is 0 Å². The number of nitrogens with two attached hydrogens (primary N) is 2. The lowest BCUT2D eigenvalue weighted by Gasteiger charge is -2.50. The monoisotopic (exact) mass is 694 g/mol. The van der Waals surface area contributed by atoms with Crippen LogP contribution in [-0.4, -0.2) is 64.5 Å². The molecule has 0 bridgehead atoms. The van der Waals surface area contributed by atoms with Crippen LogP contribution in [-0.2, 0) is 9.59 Å². The Morgan fingerprint density at radius 3 is 1.96 bits per heavy atom. The van der Waals surface area contributed by atoms with Gasteiger partial charge in [-0.15, -0.1) is 0 Å². The number of carbonyl (C=O) groups is 2. The topological polar surface area (TPSA) is 167 Å². The van der Waals surface area contributed by atoms with Gasteiger partial charge in [-0.05, 0) is 35.4 Å². The van der Waals surface area contributed by atoms with Gasteiger partial charge in [0.2, 0.25) is 11.8 Å². The van der Waals surface area contributed by atoms with E-state index < -0.39 is 55.9 Å². The maximum atomic E-state index is 12.3. The first-order chi connectivity index (χ1) is 11.4. The van der Waals surface area contributed by atoms with Crippen LogP contribution in [0.4, 0.5) is 0 Å². The Labute approximate surface area is 186 Å². The fraction of sp³-hybridized carbons (Fsp3) is 0.714. The highest BCUT2D eigenvalue weighted by Gasteiger charge is 2.60. The minimum absolute atomic E-state index is 0.0234. The summed E-state index contributed by atoms with van der Waals surface area (Å²) in [5.74, 6) is -3.25. The van der Waals surface area contributed by atoms with E-state index in [1.54, 1.807) is 6.08 Å². The SMILES string of the molecule is NC(=O)C1C(I)=CC(I)(CC(O)CO)C(C(N)=O)C1(I)CC(O)CO. The van der Waals surface area contributed by atoms with Crippen molar-refractivity contribution in [3.63, 3.8) is 0 Å². The van der Waals surface area contributed by atoms with E-state index in [0.29, 0.717) is 3.58 Å². The lowest BCUT2D eigenvalue weighted by Crippen LogP contribution is -2.61. The third kappa shape index (κ3) is 5.16. The summed E-state index contributed by atoms with van der Waals surface area (Å²) in [6.07, 6.45) is -0.666. The van der Waals surface area contributed by atoms with Crippen molar-refractivity contribution in [3.05, 3.63) is 9.66 Å². The molecule has 144 valence electrons. The summed E-state index contributed by atoms with van der Waals surface area (Å²) in [5, 5.41) is 38.3. The molecule has 0 aromatic rings. The van der Waals surface area contributed by atoms with Crippen molar-refractivity contribution in [3.8, 4) is 0 Å². The van der Waals surface area contributed by atoms with Gasteiger partial charge >= 0.3 is 0 Å². The van der Waals surface area contributed by atoms with Crippen LogP contribution in [0.3, 0.4) is 0 Å². The first kappa shape index (κ1) is 23.7. The fourth-order valence-corrected chi connectivity index (χ4v) is 10.2. The summed E-state index contributed by atoms with van der Waals surface area (Å²) in [4.78, 5) is 24.4. The van der Waals surface area contributed by atoms with E-state index in [-0.39, 0.29) is 12.8 Å². The summed E-state index contributed by atoms with van der Waals surface area (Å²) in [6.45, 7) is -1.04. The molecule has 11 heteroatoms. The van der Waals surface area contributed by atoms with Crippen LogP contribution in [0.5, 0.6) is 0 Å². The van der Waals surface area contributed by atoms with Crippen LogP contribution >= 0.6 is 67.8 Å². The Hall–Kier alpha value is 0.710. The molecule has 0 saturated heterocycles. The van der Waals surface area contributed by atoms with Crippen molar-refractivity contribution < 1.29 is 30.0 Å². The van der Waals surface area contributed by atoms with Gasteiger partial charge in [0.1, 0.15) is 0 Å². The van der Waals surface area contributed by atoms with Gasteiger partial charge < -0.3 is 31.9 Å². The molecule has 0 heterocycles. The van der Waals surface area contributed by atoms with E-state index >= 15 is 0 Å². The summed E-state index contributed by atoms with van der Waals surface area (Å²) >= 11 is 5.85. The lowest BCUT2D eigenvalue weighted by molar-refractivity contribution is -0.127. The van der Waals surface area contributed by atoms with Gasteiger partial charge in [0.05, 0.1) is 44.1 Å². The van der Waals surface area contributed by atoms with Gasteiger partial charge in [0.15, 0.2) is 0 Å². The van der Waals surface area contributed by atoms with E-state index in [0.717, 1.165) is 0 Å². The van der Waals surface area contributed by atoms with E-state index in [9.17, 15) is 30.0 Å². The molecule has 6 atom stereocenters. The molecular formula is C14H21I3N2O6. The molecule has 1 rings (SSSR count). The Morgan fingerprint density at radius 1 is 1.08 bits per heavy atom. The number of carbonyl (C=O) groups excluding carboxylic acids is 2. The maximum Gasteiger partial charge on any atom is 0.226 e. The predicted octanol–water partition coefficient (Wildman–Crippen LogP) is -0.644. The number of amides is 2. The number of hydrogen-bond acceptors (Lipinski definition) is 6. The highest BCUT2D eigenvalue weighted by atomic mass is 127. The number of aliphatic hydroxyl groups is 4. The number of rotatable bonds is 8. The second-order valence-electron chi connectivity index (χ2n) is 6.13. The van der Waals surface area contributed by atoms with Crippen molar-refractivity contribution in [2.24, 2.45) is 23.3 Å². The van der Waals surface area contributed by atoms with Crippen LogP contribution in [0.15, 0.2) is 9.66 Å². The quantitative estimate of drug-likeness (QED) is 0.146. The molecular weight excluding hydrogens is 673 g/mol. The highest BCUT2D eigenvalue weighted by molar-refractivity contribution is 14.1. The molecule has 1 aliphatic carbocycles. The van der Waals surface area contributed by atoms with Crippen LogP contribution in [0.2, 0.25) is 0 Å². The lowest BCUT2D eigenvalue weighted by atomic mass is 9.66. The van der Waals surface area contributed by atoms with Gasteiger partial charge in [0.25, 0.3) is 0 Å². The van der Waals surface area contributed by atoms with Gasteiger partial charge in [-0.3, -0.25) is 9.59 Å². The molecule has 6 unspecified atom stereocenters. The largest absolute Gasteiger partial charge is 0.394 e. The van der Waals surface area contributed by atoms with Crippen LogP contribution in [0.1, 0.15) is 12.8 Å². The van der Waals surface area contributed by atoms with E-state index in [4.69, 9.17) is 11.5 Å². The highest BCUT2D eigenvalue weighted by Crippen LogP contribution is 2.57. The van der Waals surface area contributed by atoms with Crippen molar-refractivity contribution >= 4 is 79.6 Å². The molecule has 1 aliphatic rings. The van der Waals surface area contributed by atoms with Gasteiger partial charge in [-0.1, -0.05) is 51.3 Å². The zero-order valence-corrected chi connectivity index (χ0v) is 19.6. The second kappa shape index (κ2) is 9.27. The average molecular weight is 694 g/mol. The van der Waals surface area contributed by atoms with E-state index in [2.05, 4.69) is 0 Å². The maximum absolute atomic E-state index is 12.3. The predicted molar refractivity (Wildman–Crippen MR) is 116 cm³/mol. The fourth-order valence-electron chi connectivity index (χ4n) is 3.30. The zero-order valence-electron chi connectivity index (χ0n) is 13.1. The van der Waals surface area contributed by atoms with Crippen LogP contribution in [0, 0.1) is 11.8 Å². The summed E-state index contributed by atoms with van der Waals surface area (Å²) in [7, 11) is 0. The third-order valence-electron chi connectivity index (χ3n) is 4.18. The molecule has 2 amide bonds. The first-order valence-electron chi connectivity index (χ1n) is 7.35. The minimum atomic E-state index is -1.20. The third-order valence-corrected chi connectivity index (χ3v) is 8.18. The molecule has 0 fully saturated rings. The smallest absolute Gasteiger partial charge is 0.226 e. The molecule has 25 heavy (non-hydrogen) atoms. The molecule has 0 aromatic carbocycles. The molecule has 0 spiro atoms. The van der Waals surface area contributed by atoms with Gasteiger partial charge in [-0.2, -0.15) is 0 Å². The Morgan fingerprint density at radius 2 is 1.56 bits per heavy atom. The van der Waals surface area contributed by atoms with Crippen molar-refractivity contribution in [2.75, 3.05) is 13.2 Å². The van der Waals surface area contributed by atoms with E-state index in [1.807, 2.05) is 67.8 Å². The molecule has 0 aromatic heterocycles. The summed E-state index contributed by atoms with van der Waals surface area (Å²) < 4.78 is -1.63.